The Morgan fingerprint density at radius 2 is 1.68 bits per heavy atom. The molecule has 2 unspecified atom stereocenters. The zero-order valence-electron chi connectivity index (χ0n) is 18.0. The number of urea groups is 1. The van der Waals surface area contributed by atoms with Crippen molar-refractivity contribution in [1.29, 1.82) is 0 Å². The molecule has 0 spiro atoms. The van der Waals surface area contributed by atoms with Crippen molar-refractivity contribution in [2.24, 2.45) is 0 Å². The number of carbonyl (C=O) groups is 1. The minimum atomic E-state index is -4.02. The summed E-state index contributed by atoms with van der Waals surface area (Å²) in [6.45, 7) is 4.09. The second-order valence-electron chi connectivity index (χ2n) is 7.56. The monoisotopic (exact) mass is 464 g/mol. The minimum Gasteiger partial charge on any atom is -0.340 e. The molecule has 0 aromatic heterocycles. The predicted molar refractivity (Wildman–Crippen MR) is 123 cm³/mol. The zero-order chi connectivity index (χ0) is 22.6. The molecule has 1 aliphatic heterocycles. The number of benzene rings is 2. The first-order valence-corrected chi connectivity index (χ1v) is 12.2. The lowest BCUT2D eigenvalue weighted by Gasteiger charge is -2.33. The van der Waals surface area contributed by atoms with Gasteiger partial charge in [0.1, 0.15) is 0 Å². The van der Waals surface area contributed by atoms with Gasteiger partial charge < -0.3 is 5.32 Å². The maximum atomic E-state index is 13.6. The van der Waals surface area contributed by atoms with Gasteiger partial charge in [-0.1, -0.05) is 72.3 Å². The highest BCUT2D eigenvalue weighted by Crippen LogP contribution is 2.44. The molecule has 1 aliphatic rings. The summed E-state index contributed by atoms with van der Waals surface area (Å²) in [6, 6.07) is 15.5. The lowest BCUT2D eigenvalue weighted by atomic mass is 9.89. The van der Waals surface area contributed by atoms with Gasteiger partial charge in [0.05, 0.1) is 6.04 Å². The molecule has 9 heteroatoms. The van der Waals surface area contributed by atoms with E-state index in [4.69, 9.17) is 11.6 Å². The van der Waals surface area contributed by atoms with Crippen molar-refractivity contribution in [3.63, 3.8) is 0 Å². The van der Waals surface area contributed by atoms with E-state index in [1.54, 1.807) is 12.1 Å². The summed E-state index contributed by atoms with van der Waals surface area (Å²) in [5, 5.41) is 4.42. The van der Waals surface area contributed by atoms with Gasteiger partial charge in [0.25, 0.3) is 10.2 Å². The van der Waals surface area contributed by atoms with Gasteiger partial charge in [0.2, 0.25) is 0 Å². The molecule has 0 saturated carbocycles. The summed E-state index contributed by atoms with van der Waals surface area (Å²) >= 11 is 6.09. The molecule has 1 saturated heterocycles. The van der Waals surface area contributed by atoms with Gasteiger partial charge >= 0.3 is 6.03 Å². The summed E-state index contributed by atoms with van der Waals surface area (Å²) in [5.74, 6) is -0.252. The smallest absolute Gasteiger partial charge is 0.332 e. The number of nitrogens with zero attached hydrogens (tertiary/aromatic N) is 2. The molecular formula is C22H29ClN4O3S. The van der Waals surface area contributed by atoms with Crippen LogP contribution >= 0.6 is 11.6 Å². The molecule has 0 aliphatic carbocycles. The van der Waals surface area contributed by atoms with E-state index in [-0.39, 0.29) is 18.5 Å². The van der Waals surface area contributed by atoms with Gasteiger partial charge in [-0.3, -0.25) is 0 Å². The van der Waals surface area contributed by atoms with E-state index in [9.17, 15) is 13.2 Å². The summed E-state index contributed by atoms with van der Waals surface area (Å²) in [7, 11) is -2.53. The van der Waals surface area contributed by atoms with Crippen LogP contribution in [0.2, 0.25) is 5.02 Å². The van der Waals surface area contributed by atoms with Crippen molar-refractivity contribution >= 4 is 27.8 Å². The molecule has 2 atom stereocenters. The molecule has 1 heterocycles. The number of amides is 2. The van der Waals surface area contributed by atoms with E-state index >= 15 is 0 Å². The molecule has 2 aromatic rings. The fraction of sp³-hybridized carbons (Fsp3) is 0.409. The fourth-order valence-electron chi connectivity index (χ4n) is 3.98. The van der Waals surface area contributed by atoms with Crippen LogP contribution in [-0.4, -0.2) is 43.5 Å². The van der Waals surface area contributed by atoms with Crippen LogP contribution in [0.25, 0.3) is 0 Å². The van der Waals surface area contributed by atoms with Crippen LogP contribution in [0.4, 0.5) is 4.79 Å². The van der Waals surface area contributed by atoms with Crippen molar-refractivity contribution < 1.29 is 13.2 Å². The second kappa shape index (κ2) is 9.99. The summed E-state index contributed by atoms with van der Waals surface area (Å²) in [4.78, 5) is 12.8. The molecule has 1 fully saturated rings. The highest BCUT2D eigenvalue weighted by Gasteiger charge is 2.50. The third kappa shape index (κ3) is 5.03. The Morgan fingerprint density at radius 3 is 2.23 bits per heavy atom. The van der Waals surface area contributed by atoms with Crippen molar-refractivity contribution in [3.8, 4) is 0 Å². The van der Waals surface area contributed by atoms with E-state index in [1.165, 1.54) is 16.5 Å². The van der Waals surface area contributed by atoms with Crippen LogP contribution in [0.15, 0.2) is 54.6 Å². The van der Waals surface area contributed by atoms with Crippen LogP contribution < -0.4 is 10.0 Å². The lowest BCUT2D eigenvalue weighted by molar-refractivity contribution is 0.113. The van der Waals surface area contributed by atoms with Crippen LogP contribution in [0.3, 0.4) is 0 Å². The third-order valence-corrected chi connectivity index (χ3v) is 7.46. The maximum Gasteiger partial charge on any atom is 0.332 e. The molecular weight excluding hydrogens is 436 g/mol. The number of hydrogen-bond donors (Lipinski definition) is 2. The third-order valence-electron chi connectivity index (χ3n) is 5.66. The van der Waals surface area contributed by atoms with Gasteiger partial charge in [0.15, 0.2) is 0 Å². The standard InChI is InChI=1S/C22H29ClN4O3S/c1-4-19(5-2)25-31(29,30)27-21(17-11-13-18(23)14-12-17)20(15-26(27)22(28)24-3)16-9-7-6-8-10-16/h6-14,19-21,25H,4-5,15H2,1-3H3,(H,24,28). The second-order valence-corrected chi connectivity index (χ2v) is 9.56. The number of rotatable bonds is 7. The molecule has 2 amide bonds. The van der Waals surface area contributed by atoms with Gasteiger partial charge in [-0.15, -0.1) is 0 Å². The van der Waals surface area contributed by atoms with Gasteiger partial charge in [-0.05, 0) is 36.1 Å². The summed E-state index contributed by atoms with van der Waals surface area (Å²) in [5.41, 5.74) is 1.72. The Morgan fingerprint density at radius 1 is 1.06 bits per heavy atom. The number of nitrogens with one attached hydrogen (secondary N) is 2. The predicted octanol–water partition coefficient (Wildman–Crippen LogP) is 4.06. The largest absolute Gasteiger partial charge is 0.340 e. The van der Waals surface area contributed by atoms with E-state index in [0.717, 1.165) is 11.1 Å². The van der Waals surface area contributed by atoms with Crippen molar-refractivity contribution in [2.75, 3.05) is 13.6 Å². The zero-order valence-corrected chi connectivity index (χ0v) is 19.5. The van der Waals surface area contributed by atoms with E-state index in [1.807, 2.05) is 56.3 Å². The first-order valence-electron chi connectivity index (χ1n) is 10.4. The molecule has 2 N–H and O–H groups in total. The van der Waals surface area contributed by atoms with Gasteiger partial charge in [-0.2, -0.15) is 13.1 Å². The van der Waals surface area contributed by atoms with Crippen LogP contribution in [0.1, 0.15) is 49.8 Å². The van der Waals surface area contributed by atoms with Crippen LogP contribution in [0.5, 0.6) is 0 Å². The topological polar surface area (TPSA) is 81.8 Å². The number of halogens is 1. The molecule has 168 valence electrons. The highest BCUT2D eigenvalue weighted by atomic mass is 35.5. The molecule has 2 aromatic carbocycles. The average Bonchev–Trinajstić information content (AvgIpc) is 3.19. The Bertz CT molecular complexity index is 982. The van der Waals surface area contributed by atoms with E-state index in [0.29, 0.717) is 17.9 Å². The summed E-state index contributed by atoms with van der Waals surface area (Å²) < 4.78 is 31.1. The van der Waals surface area contributed by atoms with Crippen molar-refractivity contribution in [3.05, 3.63) is 70.7 Å². The normalized spacial score (nSPS) is 19.7. The Hall–Kier alpha value is -2.13. The Balaban J connectivity index is 2.15. The van der Waals surface area contributed by atoms with Crippen molar-refractivity contribution in [2.45, 2.75) is 44.7 Å². The molecule has 31 heavy (non-hydrogen) atoms. The quantitative estimate of drug-likeness (QED) is 0.648. The Labute approximate surface area is 189 Å². The number of carbonyl (C=O) groups excluding carboxylic acids is 1. The molecule has 0 bridgehead atoms. The molecule has 7 nitrogen and oxygen atoms in total. The first kappa shape index (κ1) is 23.5. The summed E-state index contributed by atoms with van der Waals surface area (Å²) in [6.07, 6.45) is 1.30. The van der Waals surface area contributed by atoms with E-state index < -0.39 is 22.3 Å². The lowest BCUT2D eigenvalue weighted by Crippen LogP contribution is -2.54. The SMILES string of the molecule is CCC(CC)NS(=O)(=O)N1C(c2ccc(Cl)cc2)C(c2ccccc2)CN1C(=O)NC. The number of hydrazine groups is 1. The van der Waals surface area contributed by atoms with Gasteiger partial charge in [0, 0.05) is 30.6 Å². The molecule has 3 rings (SSSR count). The molecule has 0 radical (unpaired) electrons. The van der Waals surface area contributed by atoms with Gasteiger partial charge in [-0.25, -0.2) is 9.80 Å². The fourth-order valence-corrected chi connectivity index (χ4v) is 5.94. The van der Waals surface area contributed by atoms with Crippen LogP contribution in [-0.2, 0) is 10.2 Å². The first-order chi connectivity index (χ1) is 14.8. The van der Waals surface area contributed by atoms with E-state index in [2.05, 4.69) is 10.0 Å². The van der Waals surface area contributed by atoms with Crippen LogP contribution in [0, 0.1) is 0 Å². The maximum absolute atomic E-state index is 13.6. The highest BCUT2D eigenvalue weighted by molar-refractivity contribution is 7.87. The Kier molecular flexibility index (Phi) is 7.59. The number of hydrogen-bond acceptors (Lipinski definition) is 3. The average molecular weight is 465 g/mol. The minimum absolute atomic E-state index is 0.223. The van der Waals surface area contributed by atoms with Crippen molar-refractivity contribution in [1.82, 2.24) is 19.5 Å².